The molecule has 0 atom stereocenters. The van der Waals surface area contributed by atoms with E-state index in [4.69, 9.17) is 13.9 Å². The molecule has 3 rings (SSSR count). The van der Waals surface area contributed by atoms with Crippen LogP contribution in [0.25, 0.3) is 16.7 Å². The molecule has 0 saturated heterocycles. The van der Waals surface area contributed by atoms with Crippen molar-refractivity contribution in [2.75, 3.05) is 13.2 Å². The molecule has 0 radical (unpaired) electrons. The molecule has 0 N–H and O–H groups in total. The molecular formula is C27H29F3O4. The first-order chi connectivity index (χ1) is 16.2. The van der Waals surface area contributed by atoms with Gasteiger partial charge in [0.05, 0.1) is 25.2 Å². The first-order valence-electron chi connectivity index (χ1n) is 11.4. The second kappa shape index (κ2) is 11.8. The van der Waals surface area contributed by atoms with E-state index >= 15 is 0 Å². The minimum atomic E-state index is -4.48. The summed E-state index contributed by atoms with van der Waals surface area (Å²) in [6, 6.07) is 14.6. The van der Waals surface area contributed by atoms with Crippen molar-refractivity contribution in [1.82, 2.24) is 0 Å². The van der Waals surface area contributed by atoms with Crippen molar-refractivity contribution in [3.05, 3.63) is 82.2 Å². The van der Waals surface area contributed by atoms with Crippen molar-refractivity contribution >= 4 is 16.7 Å². The zero-order valence-electron chi connectivity index (χ0n) is 19.2. The summed E-state index contributed by atoms with van der Waals surface area (Å²) in [7, 11) is 0. The van der Waals surface area contributed by atoms with E-state index in [-0.39, 0.29) is 16.7 Å². The molecule has 34 heavy (non-hydrogen) atoms. The van der Waals surface area contributed by atoms with Crippen molar-refractivity contribution in [3.8, 4) is 5.75 Å². The lowest BCUT2D eigenvalue weighted by Crippen LogP contribution is -2.20. The summed E-state index contributed by atoms with van der Waals surface area (Å²) in [6.45, 7) is 6.58. The molecule has 4 nitrogen and oxygen atoms in total. The summed E-state index contributed by atoms with van der Waals surface area (Å²) in [5.74, 6) is 1.22. The van der Waals surface area contributed by atoms with E-state index in [9.17, 15) is 18.0 Å². The Hall–Kier alpha value is -3.22. The van der Waals surface area contributed by atoms with Crippen LogP contribution in [0, 0.1) is 6.92 Å². The van der Waals surface area contributed by atoms with Crippen LogP contribution >= 0.6 is 0 Å². The number of halogens is 3. The van der Waals surface area contributed by atoms with Crippen LogP contribution in [-0.4, -0.2) is 19.4 Å². The molecule has 0 unspecified atom stereocenters. The number of aryl methyl sites for hydroxylation is 1. The van der Waals surface area contributed by atoms with Crippen molar-refractivity contribution in [1.29, 1.82) is 0 Å². The lowest BCUT2D eigenvalue weighted by molar-refractivity contribution is -0.127. The van der Waals surface area contributed by atoms with Gasteiger partial charge >= 0.3 is 11.8 Å². The molecule has 0 saturated carbocycles. The molecule has 0 aliphatic heterocycles. The molecule has 3 aromatic rings. The zero-order valence-corrected chi connectivity index (χ0v) is 19.2. The Morgan fingerprint density at radius 3 is 2.35 bits per heavy atom. The molecule has 1 heterocycles. The van der Waals surface area contributed by atoms with Gasteiger partial charge in [-0.15, -0.1) is 0 Å². The van der Waals surface area contributed by atoms with Crippen LogP contribution in [0.4, 0.5) is 13.2 Å². The van der Waals surface area contributed by atoms with Crippen LogP contribution in [0.5, 0.6) is 5.75 Å². The van der Waals surface area contributed by atoms with Crippen LogP contribution in [0.15, 0.2) is 64.3 Å². The number of fused-ring (bicyclic) bond motifs is 1. The van der Waals surface area contributed by atoms with E-state index < -0.39 is 18.2 Å². The van der Waals surface area contributed by atoms with Gasteiger partial charge in [0.2, 0.25) is 0 Å². The van der Waals surface area contributed by atoms with Crippen LogP contribution in [0.1, 0.15) is 48.8 Å². The third-order valence-corrected chi connectivity index (χ3v) is 5.56. The Morgan fingerprint density at radius 2 is 1.65 bits per heavy atom. The van der Waals surface area contributed by atoms with Gasteiger partial charge in [-0.1, -0.05) is 56.2 Å². The van der Waals surface area contributed by atoms with E-state index in [2.05, 4.69) is 6.58 Å². The molecule has 182 valence electrons. The Balaban J connectivity index is 1.39. The van der Waals surface area contributed by atoms with E-state index in [1.165, 1.54) is 6.92 Å². The summed E-state index contributed by atoms with van der Waals surface area (Å²) in [5, 5.41) is 0.452. The average Bonchev–Trinajstić information content (AvgIpc) is 2.81. The smallest absolute Gasteiger partial charge is 0.393 e. The molecule has 7 heteroatoms. The van der Waals surface area contributed by atoms with Crippen LogP contribution < -0.4 is 10.4 Å². The Bertz CT molecular complexity index is 1150. The number of benzene rings is 2. The molecule has 0 spiro atoms. The van der Waals surface area contributed by atoms with Crippen molar-refractivity contribution in [3.63, 3.8) is 0 Å². The predicted molar refractivity (Wildman–Crippen MR) is 127 cm³/mol. The highest BCUT2D eigenvalue weighted by molar-refractivity contribution is 5.82. The highest BCUT2D eigenvalue weighted by Crippen LogP contribution is 2.28. The highest BCUT2D eigenvalue weighted by Gasteiger charge is 2.31. The monoisotopic (exact) mass is 474 g/mol. The largest absolute Gasteiger partial charge is 0.494 e. The Morgan fingerprint density at radius 1 is 0.971 bits per heavy atom. The lowest BCUT2D eigenvalue weighted by atomic mass is 10.0. The quantitative estimate of drug-likeness (QED) is 0.158. The SMILES string of the molecule is C=C(OCCCCCCCOc1ccc2oc(=O)c(CC(F)(F)F)c(C)c2c1)c1ccccc1. The molecule has 1 aromatic heterocycles. The van der Waals surface area contributed by atoms with Crippen molar-refractivity contribution in [2.24, 2.45) is 0 Å². The fraction of sp³-hybridized carbons (Fsp3) is 0.370. The maximum Gasteiger partial charge on any atom is 0.393 e. The summed E-state index contributed by atoms with van der Waals surface area (Å²) in [5.41, 5.74) is 0.186. The van der Waals surface area contributed by atoms with Crippen molar-refractivity contribution in [2.45, 2.75) is 51.6 Å². The summed E-state index contributed by atoms with van der Waals surface area (Å²) < 4.78 is 55.0. The maximum absolute atomic E-state index is 12.8. The normalized spacial score (nSPS) is 11.5. The molecule has 0 aliphatic rings. The van der Waals surface area contributed by atoms with Crippen molar-refractivity contribution < 1.29 is 27.1 Å². The van der Waals surface area contributed by atoms with Gasteiger partial charge in [-0.2, -0.15) is 13.2 Å². The van der Waals surface area contributed by atoms with Gasteiger partial charge in [0, 0.05) is 10.9 Å². The number of ether oxygens (including phenoxy) is 2. The van der Waals surface area contributed by atoms with Crippen LogP contribution in [0.2, 0.25) is 0 Å². The number of alkyl halides is 3. The average molecular weight is 475 g/mol. The van der Waals surface area contributed by atoms with Gasteiger partial charge in [-0.05, 0) is 43.5 Å². The molecule has 0 bridgehead atoms. The third kappa shape index (κ3) is 7.40. The van der Waals surface area contributed by atoms with Gasteiger partial charge < -0.3 is 13.9 Å². The predicted octanol–water partition coefficient (Wildman–Crippen LogP) is 7.22. The number of rotatable bonds is 12. The summed E-state index contributed by atoms with van der Waals surface area (Å²) >= 11 is 0. The molecule has 0 fully saturated rings. The van der Waals surface area contributed by atoms with Gasteiger partial charge in [0.15, 0.2) is 0 Å². The summed E-state index contributed by atoms with van der Waals surface area (Å²) in [4.78, 5) is 11.9. The minimum absolute atomic E-state index is 0.248. The van der Waals surface area contributed by atoms with Gasteiger partial charge in [0.25, 0.3) is 0 Å². The molecular weight excluding hydrogens is 445 g/mol. The highest BCUT2D eigenvalue weighted by atomic mass is 19.4. The van der Waals surface area contributed by atoms with Gasteiger partial charge in [0.1, 0.15) is 17.1 Å². The number of hydrogen-bond acceptors (Lipinski definition) is 4. The standard InChI is InChI=1S/C27H29F3O4/c1-19-23-17-22(13-14-25(23)34-26(31)24(19)18-27(28,29)30)33-16-10-5-3-4-9-15-32-20(2)21-11-7-6-8-12-21/h6-8,11-14,17H,2-5,9-10,15-16,18H2,1H3. The topological polar surface area (TPSA) is 48.7 Å². The van der Waals surface area contributed by atoms with E-state index in [0.717, 1.165) is 37.7 Å². The van der Waals surface area contributed by atoms with E-state index in [0.29, 0.717) is 30.1 Å². The number of unbranched alkanes of at least 4 members (excludes halogenated alkanes) is 4. The lowest BCUT2D eigenvalue weighted by Gasteiger charge is -2.12. The van der Waals surface area contributed by atoms with Crippen LogP contribution in [-0.2, 0) is 11.2 Å². The third-order valence-electron chi connectivity index (χ3n) is 5.56. The Kier molecular flexibility index (Phi) is 8.79. The van der Waals surface area contributed by atoms with E-state index in [1.807, 2.05) is 30.3 Å². The number of hydrogen-bond donors (Lipinski definition) is 0. The fourth-order valence-corrected chi connectivity index (χ4v) is 3.69. The second-order valence-corrected chi connectivity index (χ2v) is 8.20. The summed E-state index contributed by atoms with van der Waals surface area (Å²) in [6.07, 6.45) is -0.904. The van der Waals surface area contributed by atoms with Crippen LogP contribution in [0.3, 0.4) is 0 Å². The zero-order chi connectivity index (χ0) is 24.6. The first-order valence-corrected chi connectivity index (χ1v) is 11.4. The van der Waals surface area contributed by atoms with Gasteiger partial charge in [-0.3, -0.25) is 0 Å². The molecule has 0 aliphatic carbocycles. The molecule has 2 aromatic carbocycles. The van der Waals surface area contributed by atoms with Gasteiger partial charge in [-0.25, -0.2) is 4.79 Å². The fourth-order valence-electron chi connectivity index (χ4n) is 3.69. The Labute approximate surface area is 197 Å². The minimum Gasteiger partial charge on any atom is -0.494 e. The maximum atomic E-state index is 12.8. The molecule has 0 amide bonds. The second-order valence-electron chi connectivity index (χ2n) is 8.20. The first kappa shape index (κ1) is 25.4. The van der Waals surface area contributed by atoms with E-state index in [1.54, 1.807) is 18.2 Å².